The van der Waals surface area contributed by atoms with Crippen LogP contribution in [0.4, 0.5) is 22.0 Å². The van der Waals surface area contributed by atoms with Gasteiger partial charge in [0, 0.05) is 30.4 Å². The first-order valence-corrected chi connectivity index (χ1v) is 11.4. The standard InChI is InChI=1S/C26H24F5N3O2/c1-13-9-14(10-20(32)25(13)36)16-7-8-33-12-15(16)11-22(35)21-6-5-19(27)24(34-21)17-3-2-4-18(23(17)28)26(29,30)31/h2-8,12-14,20,25,36H,9-11,32H2,1H3/t13-,14+,20+,25+/m0/s1. The monoisotopic (exact) mass is 505 g/mol. The highest BCUT2D eigenvalue weighted by molar-refractivity contribution is 5.96. The first-order chi connectivity index (χ1) is 17.0. The molecule has 0 saturated heterocycles. The van der Waals surface area contributed by atoms with Gasteiger partial charge in [-0.05, 0) is 66.1 Å². The van der Waals surface area contributed by atoms with Crippen molar-refractivity contribution in [1.82, 2.24) is 9.97 Å². The minimum Gasteiger partial charge on any atom is -0.391 e. The number of aliphatic hydroxyl groups is 1. The SMILES string of the molecule is C[C@H]1C[C@@H](c2ccncc2CC(=O)c2ccc(F)c(-c3cccc(C(F)(F)F)c3F)n2)C[C@@H](N)[C@@H]1O. The molecule has 2 aromatic heterocycles. The van der Waals surface area contributed by atoms with Crippen molar-refractivity contribution in [1.29, 1.82) is 0 Å². The average molecular weight is 505 g/mol. The fraction of sp³-hybridized carbons (Fsp3) is 0.346. The molecule has 10 heteroatoms. The number of Topliss-reactive ketones (excluding diaryl/α,β-unsaturated/α-hetero) is 1. The Morgan fingerprint density at radius 1 is 1.14 bits per heavy atom. The number of pyridine rings is 2. The van der Waals surface area contributed by atoms with Gasteiger partial charge < -0.3 is 10.8 Å². The summed E-state index contributed by atoms with van der Waals surface area (Å²) in [6.45, 7) is 1.90. The Kier molecular flexibility index (Phi) is 7.19. The van der Waals surface area contributed by atoms with E-state index in [1.54, 1.807) is 12.3 Å². The predicted molar refractivity (Wildman–Crippen MR) is 122 cm³/mol. The van der Waals surface area contributed by atoms with Crippen molar-refractivity contribution in [3.63, 3.8) is 0 Å². The lowest BCUT2D eigenvalue weighted by Crippen LogP contribution is -2.44. The third kappa shape index (κ3) is 5.15. The van der Waals surface area contributed by atoms with Crippen LogP contribution in [0.5, 0.6) is 0 Å². The summed E-state index contributed by atoms with van der Waals surface area (Å²) in [5.74, 6) is -3.32. The molecule has 1 aliphatic rings. The van der Waals surface area contributed by atoms with Gasteiger partial charge in [0.1, 0.15) is 23.0 Å². The van der Waals surface area contributed by atoms with Gasteiger partial charge in [-0.1, -0.05) is 13.0 Å². The summed E-state index contributed by atoms with van der Waals surface area (Å²) in [6.07, 6.45) is -1.45. The maximum absolute atomic E-state index is 14.6. The van der Waals surface area contributed by atoms with E-state index in [-0.39, 0.29) is 24.0 Å². The Morgan fingerprint density at radius 2 is 1.89 bits per heavy atom. The van der Waals surface area contributed by atoms with Crippen molar-refractivity contribution >= 4 is 5.78 Å². The summed E-state index contributed by atoms with van der Waals surface area (Å²) < 4.78 is 68.5. The summed E-state index contributed by atoms with van der Waals surface area (Å²) in [6, 6.07) is 5.83. The van der Waals surface area contributed by atoms with Crippen LogP contribution in [-0.4, -0.2) is 33.0 Å². The molecule has 36 heavy (non-hydrogen) atoms. The smallest absolute Gasteiger partial charge is 0.391 e. The number of carbonyl (C=O) groups excluding carboxylic acids is 1. The van der Waals surface area contributed by atoms with E-state index in [9.17, 15) is 31.9 Å². The zero-order valence-electron chi connectivity index (χ0n) is 19.3. The predicted octanol–water partition coefficient (Wildman–Crippen LogP) is 5.07. The second-order valence-electron chi connectivity index (χ2n) is 9.17. The van der Waals surface area contributed by atoms with Crippen molar-refractivity contribution < 1.29 is 31.9 Å². The topological polar surface area (TPSA) is 89.1 Å². The molecule has 4 rings (SSSR count). The lowest BCUT2D eigenvalue weighted by Gasteiger charge is -2.36. The molecule has 4 atom stereocenters. The molecule has 190 valence electrons. The van der Waals surface area contributed by atoms with Crippen molar-refractivity contribution in [3.8, 4) is 11.3 Å². The Morgan fingerprint density at radius 3 is 2.58 bits per heavy atom. The van der Waals surface area contributed by atoms with Crippen LogP contribution in [0, 0.1) is 17.6 Å². The molecular formula is C26H24F5N3O2. The molecule has 0 amide bonds. The Hall–Kier alpha value is -3.24. The Labute approximate surface area is 204 Å². The first-order valence-electron chi connectivity index (χ1n) is 11.4. The normalized spacial score (nSPS) is 22.4. The lowest BCUT2D eigenvalue weighted by atomic mass is 9.74. The number of carbonyl (C=O) groups is 1. The molecule has 1 aromatic carbocycles. The number of hydrogen-bond donors (Lipinski definition) is 2. The number of aliphatic hydroxyl groups excluding tert-OH is 1. The molecule has 0 radical (unpaired) electrons. The lowest BCUT2D eigenvalue weighted by molar-refractivity contribution is -0.139. The number of hydrogen-bond acceptors (Lipinski definition) is 5. The van der Waals surface area contributed by atoms with E-state index in [4.69, 9.17) is 5.73 Å². The van der Waals surface area contributed by atoms with Crippen molar-refractivity contribution in [3.05, 3.63) is 82.8 Å². The van der Waals surface area contributed by atoms with Gasteiger partial charge in [-0.15, -0.1) is 0 Å². The fourth-order valence-corrected chi connectivity index (χ4v) is 4.80. The second kappa shape index (κ2) is 10.0. The van der Waals surface area contributed by atoms with Crippen molar-refractivity contribution in [2.24, 2.45) is 11.7 Å². The molecule has 0 bridgehead atoms. The van der Waals surface area contributed by atoms with Gasteiger partial charge in [0.2, 0.25) is 0 Å². The van der Waals surface area contributed by atoms with E-state index in [2.05, 4.69) is 9.97 Å². The molecule has 5 nitrogen and oxygen atoms in total. The minimum atomic E-state index is -4.98. The molecular weight excluding hydrogens is 481 g/mol. The number of rotatable bonds is 5. The highest BCUT2D eigenvalue weighted by Crippen LogP contribution is 2.38. The first kappa shape index (κ1) is 25.8. The van der Waals surface area contributed by atoms with E-state index in [0.29, 0.717) is 24.5 Å². The third-order valence-corrected chi connectivity index (χ3v) is 6.66. The van der Waals surface area contributed by atoms with Gasteiger partial charge in [-0.2, -0.15) is 13.2 Å². The minimum absolute atomic E-state index is 0.0138. The Bertz CT molecular complexity index is 1270. The molecule has 1 aliphatic carbocycles. The van der Waals surface area contributed by atoms with Gasteiger partial charge in [0.05, 0.1) is 11.7 Å². The summed E-state index contributed by atoms with van der Waals surface area (Å²) in [7, 11) is 0. The van der Waals surface area contributed by atoms with E-state index in [1.165, 1.54) is 6.20 Å². The van der Waals surface area contributed by atoms with Gasteiger partial charge in [-0.25, -0.2) is 13.8 Å². The zero-order chi connectivity index (χ0) is 26.2. The summed E-state index contributed by atoms with van der Waals surface area (Å²) >= 11 is 0. The van der Waals surface area contributed by atoms with Gasteiger partial charge >= 0.3 is 6.18 Å². The van der Waals surface area contributed by atoms with Crippen LogP contribution in [0.3, 0.4) is 0 Å². The fourth-order valence-electron chi connectivity index (χ4n) is 4.80. The van der Waals surface area contributed by atoms with Crippen molar-refractivity contribution in [2.75, 3.05) is 0 Å². The van der Waals surface area contributed by atoms with Crippen LogP contribution < -0.4 is 5.73 Å². The van der Waals surface area contributed by atoms with E-state index in [0.717, 1.165) is 29.8 Å². The number of ketones is 1. The van der Waals surface area contributed by atoms with Crippen LogP contribution in [0.2, 0.25) is 0 Å². The molecule has 2 heterocycles. The van der Waals surface area contributed by atoms with E-state index in [1.807, 2.05) is 6.92 Å². The van der Waals surface area contributed by atoms with E-state index >= 15 is 0 Å². The molecule has 0 spiro atoms. The molecule has 1 fully saturated rings. The second-order valence-corrected chi connectivity index (χ2v) is 9.17. The number of alkyl halides is 3. The number of halogens is 5. The van der Waals surface area contributed by atoms with Gasteiger partial charge in [0.25, 0.3) is 0 Å². The maximum Gasteiger partial charge on any atom is 0.419 e. The van der Waals surface area contributed by atoms with Crippen LogP contribution in [0.15, 0.2) is 48.8 Å². The van der Waals surface area contributed by atoms with E-state index < -0.39 is 52.6 Å². The highest BCUT2D eigenvalue weighted by atomic mass is 19.4. The molecule has 1 saturated carbocycles. The van der Waals surface area contributed by atoms with Crippen LogP contribution in [-0.2, 0) is 12.6 Å². The van der Waals surface area contributed by atoms with Gasteiger partial charge in [-0.3, -0.25) is 9.78 Å². The molecule has 3 N–H and O–H groups in total. The summed E-state index contributed by atoms with van der Waals surface area (Å²) in [5.41, 5.74) is 4.39. The number of nitrogens with two attached hydrogens (primary N) is 1. The maximum atomic E-state index is 14.6. The van der Waals surface area contributed by atoms with Crippen LogP contribution >= 0.6 is 0 Å². The third-order valence-electron chi connectivity index (χ3n) is 6.66. The number of nitrogens with zero attached hydrogens (tertiary/aromatic N) is 2. The summed E-state index contributed by atoms with van der Waals surface area (Å²) in [4.78, 5) is 21.1. The Balaban J connectivity index is 1.64. The van der Waals surface area contributed by atoms with Gasteiger partial charge in [0.15, 0.2) is 5.78 Å². The molecule has 0 unspecified atom stereocenters. The van der Waals surface area contributed by atoms with Crippen LogP contribution in [0.25, 0.3) is 11.3 Å². The quantitative estimate of drug-likeness (QED) is 0.374. The number of benzene rings is 1. The molecule has 3 aromatic rings. The summed E-state index contributed by atoms with van der Waals surface area (Å²) in [5, 5.41) is 10.2. The molecule has 0 aliphatic heterocycles. The average Bonchev–Trinajstić information content (AvgIpc) is 2.82. The largest absolute Gasteiger partial charge is 0.419 e. The van der Waals surface area contributed by atoms with Crippen molar-refractivity contribution in [2.45, 2.75) is 50.4 Å². The van der Waals surface area contributed by atoms with Crippen LogP contribution in [0.1, 0.15) is 52.9 Å². The zero-order valence-corrected chi connectivity index (χ0v) is 19.3. The highest BCUT2D eigenvalue weighted by Gasteiger charge is 2.36. The number of aromatic nitrogens is 2.